The molecule has 36 heavy (non-hydrogen) atoms. The zero-order chi connectivity index (χ0) is 26.5. The highest BCUT2D eigenvalue weighted by atomic mass is 16.6. The summed E-state index contributed by atoms with van der Waals surface area (Å²) in [6, 6.07) is 13.0. The maximum atomic E-state index is 12.9. The summed E-state index contributed by atoms with van der Waals surface area (Å²) in [5, 5.41) is 29.0. The Morgan fingerprint density at radius 1 is 0.833 bits per heavy atom. The Kier molecular flexibility index (Phi) is 10.5. The normalized spacial score (nSPS) is 11.0. The zero-order valence-electron chi connectivity index (χ0n) is 19.1. The monoisotopic (exact) mass is 499 g/mol. The molecule has 5 N–H and O–H groups in total. The lowest BCUT2D eigenvalue weighted by Gasteiger charge is -2.19. The summed E-state index contributed by atoms with van der Waals surface area (Å²) >= 11 is 0. The lowest BCUT2D eigenvalue weighted by atomic mass is 10.0. The fraction of sp³-hybridized carbons (Fsp3) is 0.261. The number of non-ortho nitro benzene ring substituents is 1. The number of hydrogen-bond donors (Lipinski definition) is 5. The molecule has 0 saturated carbocycles. The molecule has 4 amide bonds. The van der Waals surface area contributed by atoms with E-state index in [2.05, 4.69) is 21.3 Å². The topological polar surface area (TPSA) is 197 Å². The number of benzene rings is 2. The first-order chi connectivity index (χ1) is 17.1. The smallest absolute Gasteiger partial charge is 0.303 e. The minimum Gasteiger partial charge on any atom is -0.481 e. The predicted molar refractivity (Wildman–Crippen MR) is 127 cm³/mol. The molecule has 0 aliphatic rings. The van der Waals surface area contributed by atoms with Crippen molar-refractivity contribution in [3.63, 3.8) is 0 Å². The van der Waals surface area contributed by atoms with Crippen LogP contribution in [0.15, 0.2) is 54.6 Å². The van der Waals surface area contributed by atoms with Crippen molar-refractivity contribution >= 4 is 41.0 Å². The molecule has 0 unspecified atom stereocenters. The standard InChI is InChI=1S/C23H25N5O8/c29-19(10-11-22(32)33)24-13-20(30)25-14-21(31)27-18(12-15-4-2-1-3-5-15)23(34)26-16-6-8-17(9-7-16)28(35)36/h1-9,18H,10-14H2,(H,24,29)(H,25,30)(H,26,34)(H,27,31)(H,32,33)/t18-/m0/s1. The Bertz CT molecular complexity index is 1110. The van der Waals surface area contributed by atoms with Crippen molar-refractivity contribution in [2.24, 2.45) is 0 Å². The van der Waals surface area contributed by atoms with Crippen molar-refractivity contribution in [1.29, 1.82) is 0 Å². The molecule has 0 bridgehead atoms. The molecule has 2 rings (SSSR count). The number of carboxylic acids is 1. The molecule has 0 radical (unpaired) electrons. The number of nitro benzene ring substituents is 1. The summed E-state index contributed by atoms with van der Waals surface area (Å²) < 4.78 is 0. The van der Waals surface area contributed by atoms with Gasteiger partial charge in [0, 0.05) is 30.7 Å². The van der Waals surface area contributed by atoms with Gasteiger partial charge in [0.1, 0.15) is 6.04 Å². The third kappa shape index (κ3) is 9.99. The van der Waals surface area contributed by atoms with E-state index in [1.54, 1.807) is 30.3 Å². The first kappa shape index (κ1) is 27.4. The van der Waals surface area contributed by atoms with Gasteiger partial charge in [-0.1, -0.05) is 30.3 Å². The van der Waals surface area contributed by atoms with E-state index in [9.17, 15) is 34.1 Å². The third-order valence-electron chi connectivity index (χ3n) is 4.74. The van der Waals surface area contributed by atoms with E-state index in [0.29, 0.717) is 5.69 Å². The maximum Gasteiger partial charge on any atom is 0.303 e. The van der Waals surface area contributed by atoms with Gasteiger partial charge < -0.3 is 26.4 Å². The maximum absolute atomic E-state index is 12.9. The van der Waals surface area contributed by atoms with Crippen LogP contribution in [0, 0.1) is 10.1 Å². The molecule has 2 aromatic carbocycles. The second-order valence-electron chi connectivity index (χ2n) is 7.55. The summed E-state index contributed by atoms with van der Waals surface area (Å²) in [5.74, 6) is -3.68. The Balaban J connectivity index is 1.93. The third-order valence-corrected chi connectivity index (χ3v) is 4.74. The van der Waals surface area contributed by atoms with Gasteiger partial charge in [-0.3, -0.25) is 34.1 Å². The van der Waals surface area contributed by atoms with E-state index in [1.165, 1.54) is 24.3 Å². The van der Waals surface area contributed by atoms with Crippen molar-refractivity contribution < 1.29 is 34.0 Å². The van der Waals surface area contributed by atoms with E-state index in [4.69, 9.17) is 5.11 Å². The Morgan fingerprint density at radius 2 is 1.44 bits per heavy atom. The lowest BCUT2D eigenvalue weighted by molar-refractivity contribution is -0.384. The molecule has 0 heterocycles. The van der Waals surface area contributed by atoms with Crippen LogP contribution in [0.25, 0.3) is 0 Å². The van der Waals surface area contributed by atoms with Crippen LogP contribution in [0.1, 0.15) is 18.4 Å². The van der Waals surface area contributed by atoms with Crippen molar-refractivity contribution in [2.75, 3.05) is 18.4 Å². The molecule has 0 saturated heterocycles. The molecule has 0 fully saturated rings. The van der Waals surface area contributed by atoms with Crippen molar-refractivity contribution in [3.8, 4) is 0 Å². The van der Waals surface area contributed by atoms with Crippen LogP contribution in [0.4, 0.5) is 11.4 Å². The zero-order valence-corrected chi connectivity index (χ0v) is 19.1. The number of amides is 4. The molecular formula is C23H25N5O8. The molecule has 13 nitrogen and oxygen atoms in total. The summed E-state index contributed by atoms with van der Waals surface area (Å²) in [5.41, 5.74) is 0.913. The second-order valence-corrected chi connectivity index (χ2v) is 7.55. The van der Waals surface area contributed by atoms with E-state index >= 15 is 0 Å². The van der Waals surface area contributed by atoms with Crippen LogP contribution in [0.3, 0.4) is 0 Å². The molecule has 0 aliphatic heterocycles. The van der Waals surface area contributed by atoms with E-state index in [0.717, 1.165) is 5.56 Å². The van der Waals surface area contributed by atoms with Crippen LogP contribution in [0.5, 0.6) is 0 Å². The molecular weight excluding hydrogens is 474 g/mol. The molecule has 0 aromatic heterocycles. The number of nitrogens with one attached hydrogen (secondary N) is 4. The number of carbonyl (C=O) groups excluding carboxylic acids is 4. The minimum atomic E-state index is -1.14. The number of aliphatic carboxylic acids is 1. The Labute approximate surface area is 205 Å². The quantitative estimate of drug-likeness (QED) is 0.192. The minimum absolute atomic E-state index is 0.138. The van der Waals surface area contributed by atoms with E-state index in [1.807, 2.05) is 0 Å². The molecule has 0 spiro atoms. The molecule has 190 valence electrons. The highest BCUT2D eigenvalue weighted by molar-refractivity contribution is 5.98. The van der Waals surface area contributed by atoms with Crippen LogP contribution in [0.2, 0.25) is 0 Å². The van der Waals surface area contributed by atoms with Crippen LogP contribution < -0.4 is 21.3 Å². The number of carboxylic acid groups (broad SMARTS) is 1. The lowest BCUT2D eigenvalue weighted by Crippen LogP contribution is -2.49. The number of nitro groups is 1. The highest BCUT2D eigenvalue weighted by Crippen LogP contribution is 2.16. The predicted octanol–water partition coefficient (Wildman–Crippen LogP) is 0.358. The van der Waals surface area contributed by atoms with Gasteiger partial charge in [-0.2, -0.15) is 0 Å². The molecule has 0 aliphatic carbocycles. The van der Waals surface area contributed by atoms with Crippen LogP contribution >= 0.6 is 0 Å². The molecule has 1 atom stereocenters. The van der Waals surface area contributed by atoms with Gasteiger partial charge >= 0.3 is 5.97 Å². The average Bonchev–Trinajstić information content (AvgIpc) is 2.85. The summed E-state index contributed by atoms with van der Waals surface area (Å²) in [6.45, 7) is -0.917. The number of anilines is 1. The summed E-state index contributed by atoms with van der Waals surface area (Å²) in [6.07, 6.45) is -0.520. The van der Waals surface area contributed by atoms with Gasteiger partial charge in [0.05, 0.1) is 24.4 Å². The molecule has 13 heteroatoms. The van der Waals surface area contributed by atoms with E-state index in [-0.39, 0.29) is 24.9 Å². The fourth-order valence-electron chi connectivity index (χ4n) is 2.93. The van der Waals surface area contributed by atoms with Gasteiger partial charge in [0.15, 0.2) is 0 Å². The first-order valence-electron chi connectivity index (χ1n) is 10.8. The van der Waals surface area contributed by atoms with E-state index < -0.39 is 53.7 Å². The fourth-order valence-corrected chi connectivity index (χ4v) is 2.93. The Morgan fingerprint density at radius 3 is 2.06 bits per heavy atom. The average molecular weight is 499 g/mol. The van der Waals surface area contributed by atoms with Gasteiger partial charge in [-0.15, -0.1) is 0 Å². The van der Waals surface area contributed by atoms with Crippen molar-refractivity contribution in [1.82, 2.24) is 16.0 Å². The van der Waals surface area contributed by atoms with Gasteiger partial charge in [0.2, 0.25) is 23.6 Å². The van der Waals surface area contributed by atoms with Gasteiger partial charge in [-0.05, 0) is 17.7 Å². The SMILES string of the molecule is O=C(O)CCC(=O)NCC(=O)NCC(=O)N[C@@H](Cc1ccccc1)C(=O)Nc1ccc([N+](=O)[O-])cc1. The number of nitrogens with zero attached hydrogens (tertiary/aromatic N) is 1. The van der Waals surface area contributed by atoms with Crippen molar-refractivity contribution in [3.05, 3.63) is 70.3 Å². The van der Waals surface area contributed by atoms with Crippen LogP contribution in [-0.2, 0) is 30.4 Å². The molecule has 2 aromatic rings. The summed E-state index contributed by atoms with van der Waals surface area (Å²) in [4.78, 5) is 69.3. The van der Waals surface area contributed by atoms with Gasteiger partial charge in [-0.25, -0.2) is 0 Å². The second kappa shape index (κ2) is 13.8. The number of hydrogen-bond acceptors (Lipinski definition) is 7. The largest absolute Gasteiger partial charge is 0.481 e. The first-order valence-corrected chi connectivity index (χ1v) is 10.8. The number of carbonyl (C=O) groups is 5. The number of rotatable bonds is 13. The highest BCUT2D eigenvalue weighted by Gasteiger charge is 2.22. The van der Waals surface area contributed by atoms with Gasteiger partial charge in [0.25, 0.3) is 5.69 Å². The Hall–Kier alpha value is -4.81. The summed E-state index contributed by atoms with van der Waals surface area (Å²) in [7, 11) is 0. The van der Waals surface area contributed by atoms with Crippen LogP contribution in [-0.4, -0.2) is 58.8 Å². The van der Waals surface area contributed by atoms with Crippen molar-refractivity contribution in [2.45, 2.75) is 25.3 Å².